The molecule has 0 unspecified atom stereocenters. The molecule has 2 N–H and O–H groups in total. The average Bonchev–Trinajstić information content (AvgIpc) is 2.82. The number of carbonyl (C=O) groups is 1. The van der Waals surface area contributed by atoms with Crippen LogP contribution in [0.1, 0.15) is 30.0 Å². The van der Waals surface area contributed by atoms with Crippen LogP contribution in [0.5, 0.6) is 0 Å². The fraction of sp³-hybridized carbons (Fsp3) is 0.286. The molecule has 0 aliphatic heterocycles. The number of benzene rings is 1. The molecule has 0 aliphatic carbocycles. The van der Waals surface area contributed by atoms with E-state index < -0.39 is 10.0 Å². The number of aromatic nitrogens is 1. The number of anilines is 1. The lowest BCUT2D eigenvalue weighted by atomic mass is 10.2. The highest BCUT2D eigenvalue weighted by atomic mass is 32.2. The minimum Gasteiger partial charge on any atom is -0.360 e. The lowest BCUT2D eigenvalue weighted by Gasteiger charge is -2.09. The van der Waals surface area contributed by atoms with E-state index in [1.165, 1.54) is 30.3 Å². The molecular weight excluding hydrogens is 306 g/mol. The molecule has 0 spiro atoms. The minimum absolute atomic E-state index is 0.00739. The van der Waals surface area contributed by atoms with Gasteiger partial charge in [-0.3, -0.25) is 9.52 Å². The van der Waals surface area contributed by atoms with Crippen molar-refractivity contribution in [1.82, 2.24) is 10.5 Å². The van der Waals surface area contributed by atoms with Gasteiger partial charge in [-0.05, 0) is 45.0 Å². The number of nitrogens with zero attached hydrogens (tertiary/aromatic N) is 1. The summed E-state index contributed by atoms with van der Waals surface area (Å²) in [6.07, 6.45) is 0. The topological polar surface area (TPSA) is 101 Å². The van der Waals surface area contributed by atoms with Crippen molar-refractivity contribution in [3.8, 4) is 0 Å². The Morgan fingerprint density at radius 3 is 2.36 bits per heavy atom. The molecule has 0 aliphatic rings. The van der Waals surface area contributed by atoms with Crippen LogP contribution in [-0.2, 0) is 10.0 Å². The van der Waals surface area contributed by atoms with Gasteiger partial charge in [-0.25, -0.2) is 8.42 Å². The Morgan fingerprint density at radius 2 is 1.86 bits per heavy atom. The van der Waals surface area contributed by atoms with E-state index in [0.29, 0.717) is 11.3 Å². The minimum atomic E-state index is -3.77. The molecule has 2 rings (SSSR count). The van der Waals surface area contributed by atoms with Gasteiger partial charge in [-0.15, -0.1) is 0 Å². The van der Waals surface area contributed by atoms with Gasteiger partial charge in [-0.2, -0.15) is 0 Å². The van der Waals surface area contributed by atoms with Crippen LogP contribution in [0.3, 0.4) is 0 Å². The second kappa shape index (κ2) is 6.18. The lowest BCUT2D eigenvalue weighted by molar-refractivity contribution is 0.0943. The largest absolute Gasteiger partial charge is 0.360 e. The summed E-state index contributed by atoms with van der Waals surface area (Å²) in [7, 11) is -3.77. The fourth-order valence-electron chi connectivity index (χ4n) is 1.74. The molecular formula is C14H17N3O4S. The molecule has 0 radical (unpaired) electrons. The van der Waals surface area contributed by atoms with Gasteiger partial charge in [0.2, 0.25) is 0 Å². The molecule has 118 valence electrons. The van der Waals surface area contributed by atoms with Gasteiger partial charge < -0.3 is 9.84 Å². The number of carbonyl (C=O) groups excluding carboxylic acids is 1. The van der Waals surface area contributed by atoms with Gasteiger partial charge in [0.05, 0.1) is 4.90 Å². The van der Waals surface area contributed by atoms with Crippen molar-refractivity contribution in [3.63, 3.8) is 0 Å². The third-order valence-electron chi connectivity index (χ3n) is 2.71. The van der Waals surface area contributed by atoms with Crippen molar-refractivity contribution >= 4 is 21.7 Å². The molecule has 0 saturated carbocycles. The van der Waals surface area contributed by atoms with Gasteiger partial charge >= 0.3 is 0 Å². The molecule has 0 atom stereocenters. The first-order valence-electron chi connectivity index (χ1n) is 6.65. The van der Waals surface area contributed by atoms with E-state index in [-0.39, 0.29) is 22.7 Å². The number of hydrogen-bond acceptors (Lipinski definition) is 5. The summed E-state index contributed by atoms with van der Waals surface area (Å²) in [5, 5.41) is 6.31. The number of hydrogen-bond donors (Lipinski definition) is 2. The van der Waals surface area contributed by atoms with E-state index in [1.54, 1.807) is 6.92 Å². The Morgan fingerprint density at radius 1 is 1.23 bits per heavy atom. The molecule has 0 bridgehead atoms. The summed E-state index contributed by atoms with van der Waals surface area (Å²) in [5.41, 5.74) is 0.393. The summed E-state index contributed by atoms with van der Waals surface area (Å²) in [6, 6.07) is 7.13. The maximum Gasteiger partial charge on any atom is 0.263 e. The number of nitrogens with one attached hydrogen (secondary N) is 2. The number of rotatable bonds is 5. The highest BCUT2D eigenvalue weighted by molar-refractivity contribution is 7.92. The van der Waals surface area contributed by atoms with E-state index in [1.807, 2.05) is 13.8 Å². The summed E-state index contributed by atoms with van der Waals surface area (Å²) in [6.45, 7) is 5.36. The molecule has 22 heavy (non-hydrogen) atoms. The number of aryl methyl sites for hydroxylation is 1. The van der Waals surface area contributed by atoms with Gasteiger partial charge in [0.25, 0.3) is 15.9 Å². The first-order valence-corrected chi connectivity index (χ1v) is 8.13. The Bertz CT molecular complexity index is 764. The van der Waals surface area contributed by atoms with Crippen molar-refractivity contribution in [1.29, 1.82) is 0 Å². The Labute approximate surface area is 128 Å². The highest BCUT2D eigenvalue weighted by Crippen LogP contribution is 2.16. The van der Waals surface area contributed by atoms with E-state index in [4.69, 9.17) is 4.52 Å². The maximum absolute atomic E-state index is 12.2. The predicted molar refractivity (Wildman–Crippen MR) is 81.1 cm³/mol. The highest BCUT2D eigenvalue weighted by Gasteiger charge is 2.17. The van der Waals surface area contributed by atoms with E-state index in [9.17, 15) is 13.2 Å². The summed E-state index contributed by atoms with van der Waals surface area (Å²) in [5.74, 6) is 0.358. The van der Waals surface area contributed by atoms with Gasteiger partial charge in [-0.1, -0.05) is 5.16 Å². The van der Waals surface area contributed by atoms with Crippen LogP contribution in [0.4, 0.5) is 5.82 Å². The normalized spacial score (nSPS) is 11.5. The Balaban J connectivity index is 2.17. The summed E-state index contributed by atoms with van der Waals surface area (Å²) >= 11 is 0. The monoisotopic (exact) mass is 323 g/mol. The van der Waals surface area contributed by atoms with E-state index in [0.717, 1.165) is 0 Å². The van der Waals surface area contributed by atoms with Crippen LogP contribution in [0.25, 0.3) is 0 Å². The molecule has 1 aromatic carbocycles. The third-order valence-corrected chi connectivity index (χ3v) is 4.08. The van der Waals surface area contributed by atoms with Gasteiger partial charge in [0.1, 0.15) is 5.76 Å². The maximum atomic E-state index is 12.2. The van der Waals surface area contributed by atoms with Gasteiger partial charge in [0.15, 0.2) is 5.82 Å². The lowest BCUT2D eigenvalue weighted by Crippen LogP contribution is -2.30. The van der Waals surface area contributed by atoms with Gasteiger partial charge in [0, 0.05) is 17.7 Å². The molecule has 1 heterocycles. The summed E-state index contributed by atoms with van der Waals surface area (Å²) < 4.78 is 31.5. The SMILES string of the molecule is Cc1cc(NS(=O)(=O)c2ccc(C(=O)NC(C)C)cc2)no1. The zero-order chi connectivity index (χ0) is 16.3. The van der Waals surface area contributed by atoms with Crippen molar-refractivity contribution in [2.24, 2.45) is 0 Å². The van der Waals surface area contributed by atoms with Crippen LogP contribution >= 0.6 is 0 Å². The number of amides is 1. The van der Waals surface area contributed by atoms with Crippen molar-refractivity contribution in [2.75, 3.05) is 4.72 Å². The average molecular weight is 323 g/mol. The van der Waals surface area contributed by atoms with Crippen molar-refractivity contribution in [3.05, 3.63) is 41.7 Å². The molecule has 1 aromatic heterocycles. The predicted octanol–water partition coefficient (Wildman–Crippen LogP) is 1.92. The first-order chi connectivity index (χ1) is 10.3. The quantitative estimate of drug-likeness (QED) is 0.875. The Kier molecular flexibility index (Phi) is 4.51. The Hall–Kier alpha value is -2.35. The standard InChI is InChI=1S/C14H17N3O4S/c1-9(2)15-14(18)11-4-6-12(7-5-11)22(19,20)17-13-8-10(3)21-16-13/h4-9H,1-3H3,(H,15,18)(H,16,17). The van der Waals surface area contributed by atoms with Crippen LogP contribution in [0, 0.1) is 6.92 Å². The molecule has 0 fully saturated rings. The van der Waals surface area contributed by atoms with E-state index in [2.05, 4.69) is 15.2 Å². The summed E-state index contributed by atoms with van der Waals surface area (Å²) in [4.78, 5) is 11.8. The van der Waals surface area contributed by atoms with Crippen LogP contribution in [0.2, 0.25) is 0 Å². The second-order valence-corrected chi connectivity index (χ2v) is 6.76. The molecule has 2 aromatic rings. The number of sulfonamides is 1. The second-order valence-electron chi connectivity index (χ2n) is 5.08. The molecule has 1 amide bonds. The van der Waals surface area contributed by atoms with Crippen molar-refractivity contribution < 1.29 is 17.7 Å². The van der Waals surface area contributed by atoms with Crippen molar-refractivity contribution in [2.45, 2.75) is 31.7 Å². The zero-order valence-corrected chi connectivity index (χ0v) is 13.3. The fourth-order valence-corrected chi connectivity index (χ4v) is 2.73. The van der Waals surface area contributed by atoms with E-state index >= 15 is 0 Å². The smallest absolute Gasteiger partial charge is 0.263 e. The van der Waals surface area contributed by atoms with Crippen LogP contribution < -0.4 is 10.0 Å². The first kappa shape index (κ1) is 16.0. The molecule has 7 nitrogen and oxygen atoms in total. The third kappa shape index (κ3) is 3.85. The van der Waals surface area contributed by atoms with Crippen LogP contribution in [-0.4, -0.2) is 25.5 Å². The molecule has 0 saturated heterocycles. The molecule has 8 heteroatoms. The zero-order valence-electron chi connectivity index (χ0n) is 12.5. The van der Waals surface area contributed by atoms with Crippen LogP contribution in [0.15, 0.2) is 39.8 Å².